The molecule has 0 fully saturated rings. The van der Waals surface area contributed by atoms with Gasteiger partial charge in [0.2, 0.25) is 0 Å². The molecular formula is C98H122Br2Cl2O3P2PdSn. The minimum atomic E-state index is -2.24. The number of Topliss-reactive ketones (excluding diaryl/α,β-unsaturated/α-hetero) is 2. The number of unbranched alkanes of at least 4 members (excludes halogenated alkanes) is 3. The molecule has 3 aliphatic carbocycles. The Hall–Kier alpha value is -4.80. The van der Waals surface area contributed by atoms with Crippen LogP contribution in [-0.2, 0) is 36.9 Å². The molecule has 9 aromatic carbocycles. The average Bonchev–Trinajstić information content (AvgIpc) is 0.763. The summed E-state index contributed by atoms with van der Waals surface area (Å²) in [5, 5.41) is 8.39. The molecule has 3 nitrogen and oxygen atoms in total. The van der Waals surface area contributed by atoms with Crippen molar-refractivity contribution >= 4 is 140 Å². The molecule has 0 saturated heterocycles. The maximum Gasteiger partial charge on any atom is -0.0134 e. The third-order valence-corrected chi connectivity index (χ3v) is 41.6. The van der Waals surface area contributed by atoms with E-state index in [2.05, 4.69) is 380 Å². The fourth-order valence-corrected chi connectivity index (χ4v) is 34.5. The quantitative estimate of drug-likeness (QED) is 0.0351. The normalized spacial score (nSPS) is 14.2. The predicted octanol–water partition coefficient (Wildman–Crippen LogP) is 28.5. The Labute approximate surface area is 699 Å². The summed E-state index contributed by atoms with van der Waals surface area (Å²) in [5.41, 5.74) is 12.1. The molecule has 9 aromatic rings. The Kier molecular flexibility index (Phi) is 38.7. The summed E-state index contributed by atoms with van der Waals surface area (Å²) in [6.45, 7) is 43.0. The smallest absolute Gasteiger partial charge is 0.0134 e. The summed E-state index contributed by atoms with van der Waals surface area (Å²) in [4.78, 5) is 23.3. The molecule has 0 heterocycles. The number of hydrogen-bond acceptors (Lipinski definition) is 3. The minimum Gasteiger partial charge on any atom is -0.0622 e. The zero-order valence-electron chi connectivity index (χ0n) is 68.2. The largest absolute Gasteiger partial charge is 0.0622 e. The van der Waals surface area contributed by atoms with Gasteiger partial charge in [-0.1, -0.05) is 333 Å². The Bertz CT molecular complexity index is 4000. The van der Waals surface area contributed by atoms with Gasteiger partial charge < -0.3 is 0 Å². The van der Waals surface area contributed by atoms with Gasteiger partial charge in [-0.15, -0.1) is 0 Å². The van der Waals surface area contributed by atoms with Crippen molar-refractivity contribution in [3.05, 3.63) is 307 Å². The molecular weight excluding hydrogens is 1740 g/mol. The molecule has 0 aromatic heterocycles. The average molecular weight is 1870 g/mol. The summed E-state index contributed by atoms with van der Waals surface area (Å²) in [5.74, 6) is 0.417. The van der Waals surface area contributed by atoms with E-state index in [4.69, 9.17) is 23.8 Å². The molecule has 3 aliphatic rings. The van der Waals surface area contributed by atoms with E-state index in [1.165, 1.54) is 131 Å². The van der Waals surface area contributed by atoms with Crippen LogP contribution in [0.2, 0.25) is 13.3 Å². The van der Waals surface area contributed by atoms with E-state index in [0.717, 1.165) is 41.5 Å². The molecule has 12 rings (SSSR count). The second kappa shape index (κ2) is 45.3. The van der Waals surface area contributed by atoms with Crippen molar-refractivity contribution in [2.75, 3.05) is 6.61 Å². The molecule has 0 saturated carbocycles. The van der Waals surface area contributed by atoms with Crippen molar-refractivity contribution in [3.8, 4) is 0 Å². The van der Waals surface area contributed by atoms with Crippen LogP contribution in [0.3, 0.4) is 0 Å². The Morgan fingerprint density at radius 2 is 0.761 bits per heavy atom. The van der Waals surface area contributed by atoms with Gasteiger partial charge in [0.05, 0.1) is 0 Å². The molecule has 0 unspecified atom stereocenters. The SMILES string of the molecule is C=[C](OCC)[Sn]([CH2]CCC)([CH2]CCC)[CH2]CCC.CC(=O)c1ccc2c(c1)C(C(C)(C)C)=CCC2(C)C.CC(C)(C)C1=CCC(C)(C)c2ccc(Br)cc21.CC1(C)CCC(=O)c2cc(Br)ccc21.[Cl][Pd][Cl].c1ccc(P(c2ccccc2)c2ccccc2)cc1.c1ccc(P(c2ccccc2)c2ccccc2)cc1. The standard InChI is InChI=1S/C18H24O.2C18H15P.C16H21Br.C12H13BrO.C4H7O.3C4H9.2ClH.Pd.Sn/c1-12(19)13-7-8-16-14(11-13)15(17(2,3)4)9-10-18(16,5)6;2*1-4-10-16(11-5-1)19(17-12-6-2-7-13-17)18-14-8-3-9-15-18;1-15(2,3)13-8-9-16(4,5)14-7-6-11(17)10-12(13)14;1-12(2)6-5-11(14)9-7-8(13)3-4-10(9)12;1-3-5-4-2;3*1-3-4-2;;;;/h7-9,11H,10H2,1-6H3;2*1-15H;6-8,10H,9H2,1-5H3;3-4,7H,5-6H2,1-2H3;1,4H2,2H3;3*1,3-4H2,2H3;2*1H;;/q;;;;;;;;;;;+2;/p-2. The second-order valence-corrected chi connectivity index (χ2v) is 54.4. The number of fused-ring (bicyclic) bond motifs is 3. The molecule has 0 aliphatic heterocycles. The number of benzene rings is 9. The molecule has 0 spiro atoms. The van der Waals surface area contributed by atoms with E-state index in [0.29, 0.717) is 6.42 Å². The van der Waals surface area contributed by atoms with Gasteiger partial charge in [-0.05, 0) is 170 Å². The number of halogens is 4. The van der Waals surface area contributed by atoms with Crippen LogP contribution < -0.4 is 31.8 Å². The summed E-state index contributed by atoms with van der Waals surface area (Å²) < 4.78 is 13.7. The van der Waals surface area contributed by atoms with Gasteiger partial charge in [0, 0.05) is 26.5 Å². The van der Waals surface area contributed by atoms with Gasteiger partial charge in [0.25, 0.3) is 0 Å². The van der Waals surface area contributed by atoms with Crippen molar-refractivity contribution in [1.29, 1.82) is 0 Å². The molecule has 11 heteroatoms. The second-order valence-electron chi connectivity index (χ2n) is 32.6. The molecule has 0 amide bonds. The first-order valence-electron chi connectivity index (χ1n) is 39.1. The first-order valence-corrected chi connectivity index (χ1v) is 54.8. The summed E-state index contributed by atoms with van der Waals surface area (Å²) in [6.07, 6.45) is 16.7. The number of rotatable bonds is 19. The van der Waals surface area contributed by atoms with Gasteiger partial charge in [-0.25, -0.2) is 0 Å². The summed E-state index contributed by atoms with van der Waals surface area (Å²) in [7, 11) is 8.74. The number of carbonyl (C=O) groups excluding carboxylic acids is 2. The first kappa shape index (κ1) is 93.1. The zero-order valence-corrected chi connectivity index (χ0v) is 79.1. The zero-order chi connectivity index (χ0) is 80.0. The van der Waals surface area contributed by atoms with E-state index in [9.17, 15) is 9.59 Å². The number of allylic oxidation sites excluding steroid dienone is 4. The molecule has 0 radical (unpaired) electrons. The molecule has 0 bridgehead atoms. The third-order valence-electron chi connectivity index (χ3n) is 20.7. The van der Waals surface area contributed by atoms with Crippen molar-refractivity contribution in [2.24, 2.45) is 10.8 Å². The number of ketones is 2. The Morgan fingerprint density at radius 1 is 0.468 bits per heavy atom. The number of carbonyl (C=O) groups is 2. The van der Waals surface area contributed by atoms with Crippen LogP contribution in [0, 0.1) is 10.8 Å². The van der Waals surface area contributed by atoms with Crippen molar-refractivity contribution < 1.29 is 30.3 Å². The first-order chi connectivity index (χ1) is 51.8. The van der Waals surface area contributed by atoms with E-state index in [1.807, 2.05) is 18.2 Å². The van der Waals surface area contributed by atoms with Gasteiger partial charge in [-0.3, -0.25) is 9.59 Å². The predicted molar refractivity (Wildman–Crippen MR) is 489 cm³/mol. The van der Waals surface area contributed by atoms with E-state index >= 15 is 0 Å². The third kappa shape index (κ3) is 28.0. The fraction of sp³-hybridized carbons (Fsp3) is 0.367. The van der Waals surface area contributed by atoms with Crippen LogP contribution in [0.1, 0.15) is 230 Å². The maximum absolute atomic E-state index is 11.7. The van der Waals surface area contributed by atoms with Crippen LogP contribution in [0.15, 0.2) is 268 Å². The van der Waals surface area contributed by atoms with Gasteiger partial charge >= 0.3 is 155 Å². The minimum absolute atomic E-state index is 0.106. The maximum atomic E-state index is 11.7. The van der Waals surface area contributed by atoms with Crippen LogP contribution >= 0.6 is 66.8 Å². The monoisotopic (exact) mass is 1860 g/mol. The van der Waals surface area contributed by atoms with Gasteiger partial charge in [-0.2, -0.15) is 0 Å². The van der Waals surface area contributed by atoms with Crippen molar-refractivity contribution in [2.45, 2.75) is 211 Å². The molecule has 584 valence electrons. The van der Waals surface area contributed by atoms with Crippen LogP contribution in [0.25, 0.3) is 11.1 Å². The van der Waals surface area contributed by atoms with E-state index in [-0.39, 0.29) is 54.6 Å². The van der Waals surface area contributed by atoms with Crippen molar-refractivity contribution in [1.82, 2.24) is 0 Å². The Balaban J connectivity index is 0.000000203. The number of ether oxygens (including phenoxy) is 1. The topological polar surface area (TPSA) is 43.4 Å². The molecule has 109 heavy (non-hydrogen) atoms. The van der Waals surface area contributed by atoms with E-state index < -0.39 is 34.2 Å². The molecule has 0 atom stereocenters. The molecule has 0 N–H and O–H groups in total. The van der Waals surface area contributed by atoms with Crippen molar-refractivity contribution in [3.63, 3.8) is 0 Å². The van der Waals surface area contributed by atoms with E-state index in [1.54, 1.807) is 6.92 Å². The summed E-state index contributed by atoms with van der Waals surface area (Å²) in [6, 6.07) is 83.6. The van der Waals surface area contributed by atoms with Gasteiger partial charge in [0.1, 0.15) is 0 Å². The van der Waals surface area contributed by atoms with Crippen LogP contribution in [0.4, 0.5) is 0 Å². The van der Waals surface area contributed by atoms with Crippen LogP contribution in [0.5, 0.6) is 0 Å². The Morgan fingerprint density at radius 3 is 1.06 bits per heavy atom. The summed E-state index contributed by atoms with van der Waals surface area (Å²) >= 11 is 4.65. The fourth-order valence-electron chi connectivity index (χ4n) is 14.5. The van der Waals surface area contributed by atoms with Gasteiger partial charge in [0.15, 0.2) is 11.6 Å². The number of hydrogen-bond donors (Lipinski definition) is 0. The van der Waals surface area contributed by atoms with Crippen LogP contribution in [-0.4, -0.2) is 36.6 Å².